The molecule has 1 aromatic heterocycles. The minimum atomic E-state index is -4.56. The zero-order valence-corrected chi connectivity index (χ0v) is 27.8. The molecule has 1 unspecified atom stereocenters. The number of rotatable bonds is 8. The van der Waals surface area contributed by atoms with Crippen molar-refractivity contribution in [2.75, 3.05) is 38.1 Å². The summed E-state index contributed by atoms with van der Waals surface area (Å²) in [7, 11) is 0. The molecule has 3 aliphatic rings. The Balaban J connectivity index is 1.12. The van der Waals surface area contributed by atoms with E-state index in [9.17, 15) is 22.8 Å². The predicted molar refractivity (Wildman–Crippen MR) is 172 cm³/mol. The number of anilines is 1. The van der Waals surface area contributed by atoms with Crippen molar-refractivity contribution in [3.8, 4) is 6.01 Å². The third-order valence-corrected chi connectivity index (χ3v) is 9.15. The smallest absolute Gasteiger partial charge is 0.422 e. The molecule has 0 bridgehead atoms. The number of carbonyl (C=O) groups excluding carboxylic acids is 2. The number of halogens is 4. The molecule has 2 amide bonds. The molecule has 256 valence electrons. The standard InChI is InChI=1S/C34H38ClF3N6O4/c1-31(2,3)48-30(46)44-17-15-32(20-44)14-16-43(19-32)27(45)23-6-4-22(5-7-23)18-26-39-28(41-29(40-26)47-21-34(36,37)38)42-33(12-13-33)24-8-10-25(35)11-9-24/h4-11H,12-21H2,1-3H3,(H,39,40,41,42). The lowest BCUT2D eigenvalue weighted by atomic mass is 9.86. The maximum atomic E-state index is 13.4. The molecule has 48 heavy (non-hydrogen) atoms. The lowest BCUT2D eigenvalue weighted by molar-refractivity contribution is -0.154. The number of ether oxygens (including phenoxy) is 2. The number of likely N-dealkylation sites (tertiary alicyclic amines) is 2. The Hall–Kier alpha value is -4.13. The van der Waals surface area contributed by atoms with Gasteiger partial charge in [0.05, 0.1) is 5.54 Å². The molecular weight excluding hydrogens is 649 g/mol. The van der Waals surface area contributed by atoms with Crippen LogP contribution in [0, 0.1) is 5.41 Å². The third kappa shape index (κ3) is 8.11. The second-order valence-electron chi connectivity index (χ2n) is 14.0. The molecule has 2 aromatic carbocycles. The van der Waals surface area contributed by atoms with Gasteiger partial charge in [-0.2, -0.15) is 28.1 Å². The highest BCUT2D eigenvalue weighted by atomic mass is 35.5. The van der Waals surface area contributed by atoms with E-state index in [2.05, 4.69) is 20.3 Å². The van der Waals surface area contributed by atoms with Crippen molar-refractivity contribution < 1.29 is 32.2 Å². The van der Waals surface area contributed by atoms with Gasteiger partial charge in [0.2, 0.25) is 5.95 Å². The second-order valence-corrected chi connectivity index (χ2v) is 14.4. The van der Waals surface area contributed by atoms with Crippen LogP contribution in [-0.2, 0) is 16.7 Å². The quantitative estimate of drug-likeness (QED) is 0.281. The summed E-state index contributed by atoms with van der Waals surface area (Å²) in [5, 5.41) is 3.87. The first-order valence-corrected chi connectivity index (χ1v) is 16.3. The van der Waals surface area contributed by atoms with Crippen molar-refractivity contribution in [1.82, 2.24) is 24.8 Å². The van der Waals surface area contributed by atoms with Gasteiger partial charge in [0.1, 0.15) is 11.4 Å². The van der Waals surface area contributed by atoms with E-state index < -0.39 is 29.9 Å². The first-order chi connectivity index (χ1) is 22.6. The van der Waals surface area contributed by atoms with Crippen molar-refractivity contribution in [2.45, 2.75) is 70.2 Å². The number of nitrogens with one attached hydrogen (secondary N) is 1. The van der Waals surface area contributed by atoms with E-state index in [-0.39, 0.29) is 35.6 Å². The summed E-state index contributed by atoms with van der Waals surface area (Å²) in [6, 6.07) is 13.9. The maximum Gasteiger partial charge on any atom is 0.422 e. The van der Waals surface area contributed by atoms with E-state index in [1.807, 2.05) is 37.8 Å². The van der Waals surface area contributed by atoms with E-state index in [4.69, 9.17) is 21.1 Å². The van der Waals surface area contributed by atoms with Crippen molar-refractivity contribution in [1.29, 1.82) is 0 Å². The van der Waals surface area contributed by atoms with Crippen molar-refractivity contribution >= 4 is 29.5 Å². The highest BCUT2D eigenvalue weighted by molar-refractivity contribution is 6.30. The molecule has 3 fully saturated rings. The van der Waals surface area contributed by atoms with Gasteiger partial charge in [-0.25, -0.2) is 4.79 Å². The number of hydrogen-bond donors (Lipinski definition) is 1. The van der Waals surface area contributed by atoms with Crippen molar-refractivity contribution in [3.05, 3.63) is 76.1 Å². The molecule has 2 saturated heterocycles. The molecule has 1 atom stereocenters. The highest BCUT2D eigenvalue weighted by Crippen LogP contribution is 2.48. The third-order valence-electron chi connectivity index (χ3n) is 8.90. The lowest BCUT2D eigenvalue weighted by Crippen LogP contribution is -2.38. The monoisotopic (exact) mass is 686 g/mol. The van der Waals surface area contributed by atoms with E-state index in [1.54, 1.807) is 41.3 Å². The van der Waals surface area contributed by atoms with Gasteiger partial charge < -0.3 is 24.6 Å². The number of carbonyl (C=O) groups is 2. The Morgan fingerprint density at radius 3 is 2.17 bits per heavy atom. The topological polar surface area (TPSA) is 110 Å². The Bertz CT molecular complexity index is 1660. The fourth-order valence-electron chi connectivity index (χ4n) is 6.33. The molecule has 1 aliphatic carbocycles. The number of alkyl halides is 3. The summed E-state index contributed by atoms with van der Waals surface area (Å²) in [4.78, 5) is 42.4. The number of nitrogens with zero attached hydrogens (tertiary/aromatic N) is 5. The van der Waals surface area contributed by atoms with Crippen LogP contribution in [0.1, 0.15) is 73.8 Å². The zero-order chi connectivity index (χ0) is 34.3. The van der Waals surface area contributed by atoms with E-state index in [1.165, 1.54) is 0 Å². The number of hydrogen-bond acceptors (Lipinski definition) is 8. The van der Waals surface area contributed by atoms with Crippen LogP contribution in [0.5, 0.6) is 6.01 Å². The van der Waals surface area contributed by atoms with Crippen LogP contribution in [0.3, 0.4) is 0 Å². The summed E-state index contributed by atoms with van der Waals surface area (Å²) >= 11 is 6.05. The Morgan fingerprint density at radius 2 is 1.54 bits per heavy atom. The summed E-state index contributed by atoms with van der Waals surface area (Å²) in [6.07, 6.45) is -1.53. The molecule has 1 N–H and O–H groups in total. The van der Waals surface area contributed by atoms with Crippen LogP contribution in [0.15, 0.2) is 48.5 Å². The molecule has 0 radical (unpaired) electrons. The van der Waals surface area contributed by atoms with Gasteiger partial charge in [0.15, 0.2) is 6.61 Å². The average molecular weight is 687 g/mol. The van der Waals surface area contributed by atoms with Crippen molar-refractivity contribution in [2.24, 2.45) is 5.41 Å². The SMILES string of the molecule is CC(C)(C)OC(=O)N1CCC2(CCN(C(=O)c3ccc(Cc4nc(NC5(c6ccc(Cl)cc6)CC5)nc(OCC(F)(F)F)n4)cc3)C2)C1. The molecule has 1 spiro atoms. The number of benzene rings is 2. The van der Waals surface area contributed by atoms with Crippen LogP contribution in [-0.4, -0.2) is 81.3 Å². The predicted octanol–water partition coefficient (Wildman–Crippen LogP) is 6.63. The molecule has 1 saturated carbocycles. The van der Waals surface area contributed by atoms with Crippen LogP contribution in [0.2, 0.25) is 5.02 Å². The molecule has 3 heterocycles. The van der Waals surface area contributed by atoms with Gasteiger partial charge in [0, 0.05) is 48.6 Å². The van der Waals surface area contributed by atoms with Gasteiger partial charge in [-0.05, 0) is 81.8 Å². The normalized spacial score (nSPS) is 20.2. The molecule has 14 heteroatoms. The summed E-state index contributed by atoms with van der Waals surface area (Å²) < 4.78 is 49.3. The second kappa shape index (κ2) is 12.7. The molecular formula is C34H38ClF3N6O4. The van der Waals surface area contributed by atoms with Crippen LogP contribution >= 0.6 is 11.6 Å². The van der Waals surface area contributed by atoms with Gasteiger partial charge in [-0.3, -0.25) is 4.79 Å². The maximum absolute atomic E-state index is 13.4. The van der Waals surface area contributed by atoms with Gasteiger partial charge in [0.25, 0.3) is 5.91 Å². The highest BCUT2D eigenvalue weighted by Gasteiger charge is 2.47. The minimum absolute atomic E-state index is 0.0967. The number of aromatic nitrogens is 3. The van der Waals surface area contributed by atoms with E-state index in [0.717, 1.165) is 36.8 Å². The van der Waals surface area contributed by atoms with Crippen LogP contribution in [0.4, 0.5) is 23.9 Å². The molecule has 6 rings (SSSR count). The van der Waals surface area contributed by atoms with Crippen LogP contribution in [0.25, 0.3) is 0 Å². The first-order valence-electron chi connectivity index (χ1n) is 15.9. The van der Waals surface area contributed by atoms with Gasteiger partial charge in [-0.15, -0.1) is 0 Å². The van der Waals surface area contributed by atoms with Gasteiger partial charge in [-0.1, -0.05) is 35.9 Å². The Morgan fingerprint density at radius 1 is 0.896 bits per heavy atom. The lowest BCUT2D eigenvalue weighted by Gasteiger charge is -2.27. The zero-order valence-electron chi connectivity index (χ0n) is 27.1. The molecule has 3 aromatic rings. The van der Waals surface area contributed by atoms with Gasteiger partial charge >= 0.3 is 18.3 Å². The Kier molecular flexibility index (Phi) is 8.95. The average Bonchev–Trinajstić information content (AvgIpc) is 3.47. The molecule has 2 aliphatic heterocycles. The van der Waals surface area contributed by atoms with E-state index in [0.29, 0.717) is 36.8 Å². The summed E-state index contributed by atoms with van der Waals surface area (Å²) in [5.74, 6) is 0.227. The van der Waals surface area contributed by atoms with Crippen molar-refractivity contribution in [3.63, 3.8) is 0 Å². The number of amides is 2. The fourth-order valence-corrected chi connectivity index (χ4v) is 6.45. The first kappa shape index (κ1) is 33.8. The van der Waals surface area contributed by atoms with Crippen LogP contribution < -0.4 is 10.1 Å². The molecule has 10 nitrogen and oxygen atoms in total. The summed E-state index contributed by atoms with van der Waals surface area (Å²) in [5.41, 5.74) is 1.06. The van der Waals surface area contributed by atoms with E-state index >= 15 is 0 Å². The Labute approximate surface area is 282 Å². The largest absolute Gasteiger partial charge is 0.454 e. The minimum Gasteiger partial charge on any atom is -0.454 e. The fraction of sp³-hybridized carbons (Fsp3) is 0.500. The summed E-state index contributed by atoms with van der Waals surface area (Å²) in [6.45, 7) is 6.31.